The lowest BCUT2D eigenvalue weighted by Gasteiger charge is -2.15. The second-order valence-corrected chi connectivity index (χ2v) is 5.57. The highest BCUT2D eigenvalue weighted by molar-refractivity contribution is 6.34. The Bertz CT molecular complexity index is 678. The molecule has 0 bridgehead atoms. The van der Waals surface area contributed by atoms with Crippen LogP contribution in [0.3, 0.4) is 0 Å². The van der Waals surface area contributed by atoms with Gasteiger partial charge in [0.25, 0.3) is 0 Å². The van der Waals surface area contributed by atoms with Crippen LogP contribution < -0.4 is 5.73 Å². The second-order valence-electron chi connectivity index (χ2n) is 5.17. The zero-order valence-corrected chi connectivity index (χ0v) is 12.9. The molecule has 0 atom stereocenters. The number of aryl methyl sites for hydroxylation is 2. The third kappa shape index (κ3) is 2.32. The second kappa shape index (κ2) is 5.29. The molecule has 0 aliphatic heterocycles. The fourth-order valence-electron chi connectivity index (χ4n) is 2.43. The maximum atomic E-state index is 12.8. The van der Waals surface area contributed by atoms with Gasteiger partial charge in [0, 0.05) is 11.1 Å². The average Bonchev–Trinajstić information content (AvgIpc) is 2.40. The lowest BCUT2D eigenvalue weighted by atomic mass is 9.89. The van der Waals surface area contributed by atoms with Crippen molar-refractivity contribution in [3.8, 4) is 0 Å². The molecular formula is C17H18ClNO. The largest absolute Gasteiger partial charge is 0.397 e. The summed E-state index contributed by atoms with van der Waals surface area (Å²) in [5, 5.41) is 0.413. The number of hydrogen-bond acceptors (Lipinski definition) is 2. The fraction of sp³-hybridized carbons (Fsp3) is 0.235. The van der Waals surface area contributed by atoms with Gasteiger partial charge in [-0.3, -0.25) is 4.79 Å². The topological polar surface area (TPSA) is 43.1 Å². The van der Waals surface area contributed by atoms with E-state index >= 15 is 0 Å². The molecule has 0 aliphatic carbocycles. The highest BCUT2D eigenvalue weighted by atomic mass is 35.5. The first kappa shape index (κ1) is 14.6. The first-order chi connectivity index (χ1) is 9.34. The van der Waals surface area contributed by atoms with Gasteiger partial charge in [-0.25, -0.2) is 0 Å². The van der Waals surface area contributed by atoms with E-state index in [1.54, 1.807) is 18.2 Å². The Morgan fingerprint density at radius 1 is 1.05 bits per heavy atom. The van der Waals surface area contributed by atoms with E-state index in [4.69, 9.17) is 17.3 Å². The van der Waals surface area contributed by atoms with Gasteiger partial charge in [0.2, 0.25) is 0 Å². The van der Waals surface area contributed by atoms with Crippen molar-refractivity contribution in [3.05, 3.63) is 62.7 Å². The van der Waals surface area contributed by atoms with E-state index in [1.165, 1.54) is 0 Å². The van der Waals surface area contributed by atoms with E-state index < -0.39 is 0 Å². The van der Waals surface area contributed by atoms with Gasteiger partial charge in [-0.05, 0) is 62.1 Å². The summed E-state index contributed by atoms with van der Waals surface area (Å²) in [7, 11) is 0. The Morgan fingerprint density at radius 3 is 2.15 bits per heavy atom. The molecular weight excluding hydrogens is 270 g/mol. The van der Waals surface area contributed by atoms with Crippen LogP contribution in [0.15, 0.2) is 24.3 Å². The van der Waals surface area contributed by atoms with Gasteiger partial charge in [-0.1, -0.05) is 23.7 Å². The van der Waals surface area contributed by atoms with Crippen LogP contribution >= 0.6 is 11.6 Å². The van der Waals surface area contributed by atoms with E-state index in [1.807, 2.05) is 27.7 Å². The molecule has 0 aliphatic rings. The van der Waals surface area contributed by atoms with E-state index in [9.17, 15) is 4.79 Å². The maximum absolute atomic E-state index is 12.8. The molecule has 2 aromatic rings. The van der Waals surface area contributed by atoms with Gasteiger partial charge in [0.15, 0.2) is 5.78 Å². The molecule has 0 radical (unpaired) electrons. The van der Waals surface area contributed by atoms with Crippen molar-refractivity contribution in [1.29, 1.82) is 0 Å². The third-order valence-corrected chi connectivity index (χ3v) is 4.22. The number of nitrogen functional groups attached to an aromatic ring is 1. The Kier molecular flexibility index (Phi) is 3.87. The van der Waals surface area contributed by atoms with E-state index in [0.29, 0.717) is 16.3 Å². The molecule has 104 valence electrons. The van der Waals surface area contributed by atoms with Crippen molar-refractivity contribution < 1.29 is 4.79 Å². The minimum absolute atomic E-state index is 0.0631. The van der Waals surface area contributed by atoms with Crippen molar-refractivity contribution in [1.82, 2.24) is 0 Å². The van der Waals surface area contributed by atoms with E-state index in [-0.39, 0.29) is 5.78 Å². The van der Waals surface area contributed by atoms with Crippen molar-refractivity contribution in [2.75, 3.05) is 5.73 Å². The summed E-state index contributed by atoms with van der Waals surface area (Å²) in [4.78, 5) is 12.8. The first-order valence-corrected chi connectivity index (χ1v) is 6.88. The third-order valence-electron chi connectivity index (χ3n) is 3.89. The molecule has 0 amide bonds. The predicted molar refractivity (Wildman–Crippen MR) is 84.7 cm³/mol. The molecule has 0 spiro atoms. The van der Waals surface area contributed by atoms with Gasteiger partial charge >= 0.3 is 0 Å². The quantitative estimate of drug-likeness (QED) is 0.658. The van der Waals surface area contributed by atoms with Crippen LogP contribution in [0.4, 0.5) is 5.69 Å². The summed E-state index contributed by atoms with van der Waals surface area (Å²) >= 11 is 6.01. The Hall–Kier alpha value is -1.80. The maximum Gasteiger partial charge on any atom is 0.195 e. The van der Waals surface area contributed by atoms with Gasteiger partial charge < -0.3 is 5.73 Å². The summed E-state index contributed by atoms with van der Waals surface area (Å²) in [6, 6.07) is 7.26. The smallest absolute Gasteiger partial charge is 0.195 e. The number of nitrogens with two attached hydrogens (primary N) is 1. The molecule has 0 saturated carbocycles. The van der Waals surface area contributed by atoms with E-state index in [2.05, 4.69) is 6.07 Å². The predicted octanol–water partition coefficient (Wildman–Crippen LogP) is 4.39. The van der Waals surface area contributed by atoms with Gasteiger partial charge in [0.05, 0.1) is 10.7 Å². The van der Waals surface area contributed by atoms with Crippen LogP contribution in [-0.4, -0.2) is 5.78 Å². The zero-order chi connectivity index (χ0) is 15.0. The van der Waals surface area contributed by atoms with Crippen LogP contribution in [0.25, 0.3) is 0 Å². The number of hydrogen-bond donors (Lipinski definition) is 1. The first-order valence-electron chi connectivity index (χ1n) is 6.50. The number of rotatable bonds is 2. The molecule has 2 rings (SSSR count). The Morgan fingerprint density at radius 2 is 1.60 bits per heavy atom. The molecule has 2 aromatic carbocycles. The van der Waals surface area contributed by atoms with Crippen LogP contribution in [0.5, 0.6) is 0 Å². The van der Waals surface area contributed by atoms with Crippen LogP contribution in [0.2, 0.25) is 5.02 Å². The van der Waals surface area contributed by atoms with Gasteiger partial charge in [-0.2, -0.15) is 0 Å². The van der Waals surface area contributed by atoms with Crippen molar-refractivity contribution >= 4 is 23.1 Å². The number of halogens is 1. The van der Waals surface area contributed by atoms with Crippen molar-refractivity contribution in [2.24, 2.45) is 0 Å². The lowest BCUT2D eigenvalue weighted by Crippen LogP contribution is -2.11. The molecule has 0 unspecified atom stereocenters. The van der Waals surface area contributed by atoms with E-state index in [0.717, 1.165) is 27.8 Å². The number of carbonyl (C=O) groups is 1. The summed E-state index contributed by atoms with van der Waals surface area (Å²) in [6.07, 6.45) is 0. The summed E-state index contributed by atoms with van der Waals surface area (Å²) in [5.41, 5.74) is 11.7. The normalized spacial score (nSPS) is 10.7. The Balaban J connectivity index is 2.69. The monoisotopic (exact) mass is 287 g/mol. The summed E-state index contributed by atoms with van der Waals surface area (Å²) < 4.78 is 0. The molecule has 0 heterocycles. The van der Waals surface area contributed by atoms with Crippen LogP contribution in [0.1, 0.15) is 38.2 Å². The minimum Gasteiger partial charge on any atom is -0.397 e. The number of carbonyl (C=O) groups excluding carboxylic acids is 1. The molecule has 0 saturated heterocycles. The fourth-order valence-corrected chi connectivity index (χ4v) is 2.60. The zero-order valence-electron chi connectivity index (χ0n) is 12.2. The minimum atomic E-state index is -0.0631. The molecule has 2 N–H and O–H groups in total. The average molecular weight is 288 g/mol. The molecule has 0 aromatic heterocycles. The highest BCUT2D eigenvalue weighted by Gasteiger charge is 2.20. The van der Waals surface area contributed by atoms with Crippen molar-refractivity contribution in [2.45, 2.75) is 27.7 Å². The Labute approximate surface area is 124 Å². The SMILES string of the molecule is Cc1cc(C)c(C)c(C(=O)c2cccc(Cl)c2N)c1C. The number of benzene rings is 2. The molecule has 3 heteroatoms. The summed E-state index contributed by atoms with van der Waals surface area (Å²) in [6.45, 7) is 7.96. The molecule has 0 fully saturated rings. The van der Waals surface area contributed by atoms with Crippen molar-refractivity contribution in [3.63, 3.8) is 0 Å². The van der Waals surface area contributed by atoms with Crippen LogP contribution in [-0.2, 0) is 0 Å². The number of para-hydroxylation sites is 1. The lowest BCUT2D eigenvalue weighted by molar-refractivity contribution is 0.103. The highest BCUT2D eigenvalue weighted by Crippen LogP contribution is 2.29. The van der Waals surface area contributed by atoms with Crippen LogP contribution in [0, 0.1) is 27.7 Å². The van der Waals surface area contributed by atoms with Gasteiger partial charge in [-0.15, -0.1) is 0 Å². The molecule has 2 nitrogen and oxygen atoms in total. The molecule has 20 heavy (non-hydrogen) atoms. The standard InChI is InChI=1S/C17H18ClNO/c1-9-8-10(2)12(4)15(11(9)3)17(20)13-6-5-7-14(18)16(13)19/h5-8H,19H2,1-4H3. The number of anilines is 1. The van der Waals surface area contributed by atoms with Gasteiger partial charge in [0.1, 0.15) is 0 Å². The number of ketones is 1. The summed E-state index contributed by atoms with van der Waals surface area (Å²) in [5.74, 6) is -0.0631.